The molecule has 0 fully saturated rings. The Morgan fingerprint density at radius 3 is 0.946 bits per heavy atom. The molecule has 37 heavy (non-hydrogen) atoms. The molecule has 0 bridgehead atoms. The molecule has 0 aliphatic heterocycles. The number of hydrogen-bond acceptors (Lipinski definition) is 4. The second kappa shape index (κ2) is 12.5. The highest BCUT2D eigenvalue weighted by Gasteiger charge is 2.22. The van der Waals surface area contributed by atoms with E-state index in [1.807, 2.05) is 121 Å². The first-order valence-corrected chi connectivity index (χ1v) is 13.9. The van der Waals surface area contributed by atoms with E-state index in [2.05, 4.69) is 0 Å². The summed E-state index contributed by atoms with van der Waals surface area (Å²) in [6, 6.07) is 38.4. The lowest BCUT2D eigenvalue weighted by Gasteiger charge is -2.23. The lowest BCUT2D eigenvalue weighted by atomic mass is 9.85. The van der Waals surface area contributed by atoms with Gasteiger partial charge in [-0.25, -0.2) is 8.42 Å². The van der Waals surface area contributed by atoms with Gasteiger partial charge < -0.3 is 11.5 Å². The van der Waals surface area contributed by atoms with Gasteiger partial charge in [0.1, 0.15) is 0 Å². The molecule has 4 nitrogen and oxygen atoms in total. The van der Waals surface area contributed by atoms with Crippen LogP contribution in [0.15, 0.2) is 144 Å². The molecule has 0 saturated heterocycles. The topological polar surface area (TPSA) is 86.2 Å². The maximum absolute atomic E-state index is 12.9. The van der Waals surface area contributed by atoms with Crippen molar-refractivity contribution in [3.05, 3.63) is 167 Å². The lowest BCUT2D eigenvalue weighted by Crippen LogP contribution is -2.28. The van der Waals surface area contributed by atoms with Gasteiger partial charge in [0.2, 0.25) is 0 Å². The highest BCUT2D eigenvalue weighted by Crippen LogP contribution is 2.29. The summed E-state index contributed by atoms with van der Waals surface area (Å²) in [6.07, 6.45) is 3.11. The van der Waals surface area contributed by atoms with Gasteiger partial charge in [-0.1, -0.05) is 133 Å². The van der Waals surface area contributed by atoms with Crippen LogP contribution in [0.4, 0.5) is 0 Å². The minimum absolute atomic E-state index is 0.180. The van der Waals surface area contributed by atoms with Crippen LogP contribution in [0.2, 0.25) is 0 Å². The van der Waals surface area contributed by atoms with Crippen LogP contribution in [0.1, 0.15) is 34.1 Å². The van der Waals surface area contributed by atoms with Crippen molar-refractivity contribution in [2.75, 3.05) is 0 Å². The predicted octanol–water partition coefficient (Wildman–Crippen LogP) is 5.75. The van der Waals surface area contributed by atoms with Crippen molar-refractivity contribution in [2.45, 2.75) is 23.9 Å². The fourth-order valence-electron chi connectivity index (χ4n) is 4.58. The Bertz CT molecular complexity index is 1220. The first kappa shape index (κ1) is 26.3. The van der Waals surface area contributed by atoms with Crippen molar-refractivity contribution < 1.29 is 8.42 Å². The summed E-state index contributed by atoms with van der Waals surface area (Å²) in [5, 5.41) is 2.36. The van der Waals surface area contributed by atoms with E-state index in [9.17, 15) is 8.42 Å². The molecule has 4 aromatic rings. The normalized spacial score (nSPS) is 13.9. The van der Waals surface area contributed by atoms with Gasteiger partial charge in [-0.15, -0.1) is 0 Å². The largest absolute Gasteiger partial charge is 0.324 e. The molecule has 4 N–H and O–H groups in total. The van der Waals surface area contributed by atoms with Crippen LogP contribution in [0.25, 0.3) is 0 Å². The lowest BCUT2D eigenvalue weighted by molar-refractivity contribution is 0.611. The van der Waals surface area contributed by atoms with Gasteiger partial charge >= 0.3 is 0 Å². The highest BCUT2D eigenvalue weighted by molar-refractivity contribution is 7.97. The molecular formula is C32H32N2O2S. The zero-order valence-electron chi connectivity index (χ0n) is 20.5. The van der Waals surface area contributed by atoms with E-state index in [1.54, 1.807) is 12.2 Å². The fourth-order valence-corrected chi connectivity index (χ4v) is 5.47. The Hall–Kier alpha value is -3.77. The average Bonchev–Trinajstić information content (AvgIpc) is 2.94. The number of nitrogens with two attached hydrogens (primary N) is 2. The van der Waals surface area contributed by atoms with Crippen molar-refractivity contribution in [3.63, 3.8) is 0 Å². The Balaban J connectivity index is 1.55. The summed E-state index contributed by atoms with van der Waals surface area (Å²) < 4.78 is 25.9. The quantitative estimate of drug-likeness (QED) is 0.286. The molecule has 188 valence electrons. The van der Waals surface area contributed by atoms with Gasteiger partial charge in [0.25, 0.3) is 0 Å². The molecule has 0 aliphatic rings. The van der Waals surface area contributed by atoms with Crippen molar-refractivity contribution in [3.8, 4) is 0 Å². The Morgan fingerprint density at radius 2 is 0.703 bits per heavy atom. The predicted molar refractivity (Wildman–Crippen MR) is 153 cm³/mol. The molecule has 4 aromatic carbocycles. The fraction of sp³-hybridized carbons (Fsp3) is 0.125. The second-order valence-electron chi connectivity index (χ2n) is 9.00. The third-order valence-corrected chi connectivity index (χ3v) is 7.46. The van der Waals surface area contributed by atoms with Crippen LogP contribution in [0.5, 0.6) is 0 Å². The van der Waals surface area contributed by atoms with Crippen molar-refractivity contribution >= 4 is 9.84 Å². The third-order valence-electron chi connectivity index (χ3n) is 6.39. The molecular weight excluding hydrogens is 476 g/mol. The minimum Gasteiger partial charge on any atom is -0.324 e. The smallest absolute Gasteiger partial charge is 0.192 e. The molecule has 0 unspecified atom stereocenters. The molecule has 2 atom stereocenters. The molecule has 5 heteroatoms. The molecule has 0 saturated carbocycles. The first-order chi connectivity index (χ1) is 17.9. The van der Waals surface area contributed by atoms with Gasteiger partial charge in [0.15, 0.2) is 9.84 Å². The summed E-state index contributed by atoms with van der Waals surface area (Å²) in [7, 11) is -3.69. The van der Waals surface area contributed by atoms with E-state index in [0.29, 0.717) is 0 Å². The van der Waals surface area contributed by atoms with E-state index in [1.165, 1.54) is 10.8 Å². The molecule has 0 aromatic heterocycles. The Kier molecular flexibility index (Phi) is 8.86. The SMILES string of the molecule is N[C@H](C=CS(=O)(=O)C=C[C@@H](N)C(c1ccccc1)c1ccccc1)C(c1ccccc1)c1ccccc1. The zero-order chi connectivity index (χ0) is 26.1. The van der Waals surface area contributed by atoms with Gasteiger partial charge in [0.05, 0.1) is 0 Å². The van der Waals surface area contributed by atoms with Crippen LogP contribution in [0, 0.1) is 0 Å². The molecule has 0 spiro atoms. The third kappa shape index (κ3) is 7.14. The number of hydrogen-bond donors (Lipinski definition) is 2. The van der Waals surface area contributed by atoms with E-state index in [0.717, 1.165) is 22.3 Å². The van der Waals surface area contributed by atoms with Crippen LogP contribution in [-0.2, 0) is 9.84 Å². The van der Waals surface area contributed by atoms with E-state index < -0.39 is 21.9 Å². The molecule has 4 rings (SSSR count). The van der Waals surface area contributed by atoms with Crippen LogP contribution >= 0.6 is 0 Å². The van der Waals surface area contributed by atoms with Crippen molar-refractivity contribution in [1.82, 2.24) is 0 Å². The Morgan fingerprint density at radius 1 is 0.459 bits per heavy atom. The summed E-state index contributed by atoms with van der Waals surface area (Å²) in [6.45, 7) is 0. The van der Waals surface area contributed by atoms with Gasteiger partial charge in [-0.05, 0) is 22.3 Å². The van der Waals surface area contributed by atoms with Gasteiger partial charge in [-0.2, -0.15) is 0 Å². The number of benzene rings is 4. The van der Waals surface area contributed by atoms with Crippen LogP contribution < -0.4 is 11.5 Å². The van der Waals surface area contributed by atoms with Gasteiger partial charge in [-0.3, -0.25) is 0 Å². The molecule has 0 radical (unpaired) electrons. The first-order valence-electron chi connectivity index (χ1n) is 12.3. The number of sulfone groups is 1. The minimum atomic E-state index is -3.69. The number of rotatable bonds is 10. The van der Waals surface area contributed by atoms with E-state index >= 15 is 0 Å². The zero-order valence-corrected chi connectivity index (χ0v) is 21.4. The summed E-state index contributed by atoms with van der Waals surface area (Å²) in [5.74, 6) is -0.360. The monoisotopic (exact) mass is 508 g/mol. The summed E-state index contributed by atoms with van der Waals surface area (Å²) in [4.78, 5) is 0. The average molecular weight is 509 g/mol. The van der Waals surface area contributed by atoms with Crippen molar-refractivity contribution in [2.24, 2.45) is 11.5 Å². The molecule has 0 aliphatic carbocycles. The highest BCUT2D eigenvalue weighted by atomic mass is 32.2. The summed E-state index contributed by atoms with van der Waals surface area (Å²) in [5.41, 5.74) is 17.2. The van der Waals surface area contributed by atoms with E-state index in [-0.39, 0.29) is 11.8 Å². The maximum Gasteiger partial charge on any atom is 0.192 e. The molecule has 0 amide bonds. The van der Waals surface area contributed by atoms with Crippen LogP contribution in [0.3, 0.4) is 0 Å². The standard InChI is InChI=1S/C32H32N2O2S/c33-29(31(25-13-5-1-6-14-25)26-15-7-2-8-16-26)21-23-37(35,36)24-22-30(34)32(27-17-9-3-10-18-27)28-19-11-4-12-20-28/h1-24,29-32H,33-34H2/t29-,30-/m1/s1. The van der Waals surface area contributed by atoms with E-state index in [4.69, 9.17) is 11.5 Å². The maximum atomic E-state index is 12.9. The Labute approximate surface area is 219 Å². The van der Waals surface area contributed by atoms with Crippen molar-refractivity contribution in [1.29, 1.82) is 0 Å². The molecule has 0 heterocycles. The van der Waals surface area contributed by atoms with Gasteiger partial charge in [0, 0.05) is 34.7 Å². The van der Waals surface area contributed by atoms with Crippen LogP contribution in [-0.4, -0.2) is 20.5 Å². The summed E-state index contributed by atoms with van der Waals surface area (Å²) >= 11 is 0. The second-order valence-corrected chi connectivity index (χ2v) is 10.7.